The Morgan fingerprint density at radius 2 is 1.79 bits per heavy atom. The molecular weight excluding hydrogens is 477 g/mol. The first kappa shape index (κ1) is 23.6. The van der Waals surface area contributed by atoms with Crippen LogP contribution in [0.4, 0.5) is 0 Å². The fourth-order valence-corrected chi connectivity index (χ4v) is 3.61. The Bertz CT molecular complexity index is 755. The van der Waals surface area contributed by atoms with E-state index in [1.165, 1.54) is 16.7 Å². The van der Waals surface area contributed by atoms with Crippen LogP contribution in [0.3, 0.4) is 0 Å². The van der Waals surface area contributed by atoms with E-state index in [2.05, 4.69) is 57.7 Å². The summed E-state index contributed by atoms with van der Waals surface area (Å²) in [6, 6.07) is 18.7. The number of rotatable bonds is 8. The summed E-state index contributed by atoms with van der Waals surface area (Å²) in [5.74, 6) is 1.50. The maximum absolute atomic E-state index is 5.94. The summed E-state index contributed by atoms with van der Waals surface area (Å²) in [5.41, 5.74) is 3.68. The molecule has 0 amide bonds. The first-order valence-electron chi connectivity index (χ1n) is 9.93. The van der Waals surface area contributed by atoms with Crippen LogP contribution in [0.1, 0.15) is 23.1 Å². The van der Waals surface area contributed by atoms with Crippen LogP contribution >= 0.6 is 24.0 Å². The number of hydrogen-bond acceptors (Lipinski definition) is 3. The van der Waals surface area contributed by atoms with Gasteiger partial charge >= 0.3 is 0 Å². The highest BCUT2D eigenvalue weighted by Crippen LogP contribution is 2.18. The van der Waals surface area contributed by atoms with E-state index < -0.39 is 0 Å². The molecule has 5 nitrogen and oxygen atoms in total. The fourth-order valence-electron chi connectivity index (χ4n) is 3.61. The summed E-state index contributed by atoms with van der Waals surface area (Å²) in [6.07, 6.45) is 1.13. The number of nitrogens with zero attached hydrogens (tertiary/aromatic N) is 2. The van der Waals surface area contributed by atoms with Crippen molar-refractivity contribution in [3.63, 3.8) is 0 Å². The zero-order valence-electron chi connectivity index (χ0n) is 17.3. The van der Waals surface area contributed by atoms with Crippen LogP contribution in [0.5, 0.6) is 0 Å². The third kappa shape index (κ3) is 7.28. The van der Waals surface area contributed by atoms with Crippen molar-refractivity contribution in [2.45, 2.75) is 26.2 Å². The van der Waals surface area contributed by atoms with Gasteiger partial charge in [0.2, 0.25) is 0 Å². The molecule has 1 N–H and O–H groups in total. The zero-order chi connectivity index (χ0) is 19.6. The predicted molar refractivity (Wildman–Crippen MR) is 129 cm³/mol. The summed E-state index contributed by atoms with van der Waals surface area (Å²) >= 11 is 0. The summed E-state index contributed by atoms with van der Waals surface area (Å²) in [7, 11) is 3.58. The smallest absolute Gasteiger partial charge is 0.193 e. The fraction of sp³-hybridized carbons (Fsp3) is 0.435. The molecule has 2 aromatic rings. The Labute approximate surface area is 191 Å². The van der Waals surface area contributed by atoms with Gasteiger partial charge in [0.25, 0.3) is 0 Å². The van der Waals surface area contributed by atoms with Crippen molar-refractivity contribution in [3.05, 3.63) is 71.3 Å². The first-order chi connectivity index (χ1) is 13.8. The minimum absolute atomic E-state index is 0. The number of likely N-dealkylation sites (tertiary alicyclic amines) is 1. The molecule has 0 saturated carbocycles. The summed E-state index contributed by atoms with van der Waals surface area (Å²) in [6.45, 7) is 4.84. The third-order valence-electron chi connectivity index (χ3n) is 5.12. The standard InChI is InChI=1S/C23H31N3O2.HI/c1-24-23(25-14-21-10-6-7-11-22(21)18-27-2)26-13-12-20(15-26)17-28-16-19-8-4-3-5-9-19;/h3-11,20H,12-18H2,1-2H3,(H,24,25);1H. The van der Waals surface area contributed by atoms with Crippen LogP contribution in [-0.2, 0) is 29.2 Å². The second-order valence-electron chi connectivity index (χ2n) is 7.20. The molecule has 0 radical (unpaired) electrons. The van der Waals surface area contributed by atoms with Gasteiger partial charge in [0.15, 0.2) is 5.96 Å². The molecule has 0 aromatic heterocycles. The van der Waals surface area contributed by atoms with Gasteiger partial charge in [-0.05, 0) is 23.1 Å². The Hall–Kier alpha value is -1.64. The van der Waals surface area contributed by atoms with E-state index in [1.807, 2.05) is 19.2 Å². The summed E-state index contributed by atoms with van der Waals surface area (Å²) < 4.78 is 11.2. The van der Waals surface area contributed by atoms with Crippen molar-refractivity contribution in [2.24, 2.45) is 10.9 Å². The van der Waals surface area contributed by atoms with Crippen molar-refractivity contribution in [1.82, 2.24) is 10.2 Å². The molecule has 0 bridgehead atoms. The Kier molecular flexibility index (Phi) is 10.5. The van der Waals surface area contributed by atoms with E-state index in [0.717, 1.165) is 38.6 Å². The number of hydrogen-bond donors (Lipinski definition) is 1. The molecule has 1 aliphatic heterocycles. The van der Waals surface area contributed by atoms with Gasteiger partial charge in [0.05, 0.1) is 19.8 Å². The lowest BCUT2D eigenvalue weighted by molar-refractivity contribution is 0.0906. The predicted octanol–water partition coefficient (Wildman–Crippen LogP) is 4.07. The number of guanidine groups is 1. The summed E-state index contributed by atoms with van der Waals surface area (Å²) in [5, 5.41) is 3.51. The van der Waals surface area contributed by atoms with Crippen LogP contribution in [0, 0.1) is 5.92 Å². The van der Waals surface area contributed by atoms with Crippen molar-refractivity contribution in [3.8, 4) is 0 Å². The van der Waals surface area contributed by atoms with Crippen LogP contribution in [0.2, 0.25) is 0 Å². The molecule has 2 aromatic carbocycles. The van der Waals surface area contributed by atoms with Gasteiger partial charge < -0.3 is 19.7 Å². The molecule has 6 heteroatoms. The van der Waals surface area contributed by atoms with E-state index in [0.29, 0.717) is 19.1 Å². The molecule has 0 spiro atoms. The topological polar surface area (TPSA) is 46.1 Å². The van der Waals surface area contributed by atoms with E-state index in [4.69, 9.17) is 9.47 Å². The lowest BCUT2D eigenvalue weighted by Crippen LogP contribution is -2.40. The minimum atomic E-state index is 0. The Morgan fingerprint density at radius 1 is 1.07 bits per heavy atom. The highest BCUT2D eigenvalue weighted by molar-refractivity contribution is 14.0. The molecule has 158 valence electrons. The third-order valence-corrected chi connectivity index (χ3v) is 5.12. The van der Waals surface area contributed by atoms with Crippen LogP contribution < -0.4 is 5.32 Å². The van der Waals surface area contributed by atoms with Gasteiger partial charge in [0, 0.05) is 39.7 Å². The van der Waals surface area contributed by atoms with Crippen LogP contribution in [0.15, 0.2) is 59.6 Å². The zero-order valence-corrected chi connectivity index (χ0v) is 19.7. The molecule has 1 aliphatic rings. The quantitative estimate of drug-likeness (QED) is 0.331. The second-order valence-corrected chi connectivity index (χ2v) is 7.20. The maximum atomic E-state index is 5.94. The number of ether oxygens (including phenoxy) is 2. The monoisotopic (exact) mass is 509 g/mol. The lowest BCUT2D eigenvalue weighted by Gasteiger charge is -2.22. The SMILES string of the molecule is CN=C(NCc1ccccc1COC)N1CCC(COCc2ccccc2)C1.I. The van der Waals surface area contributed by atoms with Crippen LogP contribution in [0.25, 0.3) is 0 Å². The number of nitrogens with one attached hydrogen (secondary N) is 1. The van der Waals surface area contributed by atoms with Crippen molar-refractivity contribution in [2.75, 3.05) is 33.9 Å². The lowest BCUT2D eigenvalue weighted by atomic mass is 10.1. The molecule has 1 saturated heterocycles. The molecule has 29 heavy (non-hydrogen) atoms. The molecule has 1 unspecified atom stereocenters. The number of methoxy groups -OCH3 is 1. The van der Waals surface area contributed by atoms with Gasteiger partial charge in [-0.1, -0.05) is 54.6 Å². The van der Waals surface area contributed by atoms with Gasteiger partial charge in [-0.15, -0.1) is 24.0 Å². The normalized spacial score (nSPS) is 16.6. The largest absolute Gasteiger partial charge is 0.380 e. The number of halogens is 1. The second kappa shape index (κ2) is 12.8. The average molecular weight is 509 g/mol. The van der Waals surface area contributed by atoms with Crippen molar-refractivity contribution in [1.29, 1.82) is 0 Å². The minimum Gasteiger partial charge on any atom is -0.380 e. The van der Waals surface area contributed by atoms with Crippen molar-refractivity contribution < 1.29 is 9.47 Å². The van der Waals surface area contributed by atoms with Gasteiger partial charge in [-0.2, -0.15) is 0 Å². The van der Waals surface area contributed by atoms with E-state index in [-0.39, 0.29) is 24.0 Å². The first-order valence-corrected chi connectivity index (χ1v) is 9.93. The van der Waals surface area contributed by atoms with Gasteiger partial charge in [-0.25, -0.2) is 0 Å². The number of benzene rings is 2. The highest BCUT2D eigenvalue weighted by atomic mass is 127. The summed E-state index contributed by atoms with van der Waals surface area (Å²) in [4.78, 5) is 6.81. The molecule has 1 atom stereocenters. The van der Waals surface area contributed by atoms with Crippen molar-refractivity contribution >= 4 is 29.9 Å². The molecule has 3 rings (SSSR count). The highest BCUT2D eigenvalue weighted by Gasteiger charge is 2.25. The van der Waals surface area contributed by atoms with Gasteiger partial charge in [0.1, 0.15) is 0 Å². The Balaban J connectivity index is 0.00000300. The molecule has 0 aliphatic carbocycles. The Morgan fingerprint density at radius 3 is 2.52 bits per heavy atom. The van der Waals surface area contributed by atoms with E-state index in [9.17, 15) is 0 Å². The molecular formula is C23H32IN3O2. The maximum Gasteiger partial charge on any atom is 0.193 e. The number of aliphatic imine (C=N–C) groups is 1. The average Bonchev–Trinajstić information content (AvgIpc) is 3.19. The molecule has 1 fully saturated rings. The van der Waals surface area contributed by atoms with E-state index >= 15 is 0 Å². The van der Waals surface area contributed by atoms with Crippen LogP contribution in [-0.4, -0.2) is 44.7 Å². The molecule has 1 heterocycles. The van der Waals surface area contributed by atoms with E-state index in [1.54, 1.807) is 7.11 Å². The van der Waals surface area contributed by atoms with Gasteiger partial charge in [-0.3, -0.25) is 4.99 Å².